The minimum absolute atomic E-state index is 0.154. The van der Waals surface area contributed by atoms with E-state index in [0.717, 1.165) is 0 Å². The molecule has 1 nitrogen and oxygen atoms in total. The summed E-state index contributed by atoms with van der Waals surface area (Å²) in [5, 5.41) is 2.67. The summed E-state index contributed by atoms with van der Waals surface area (Å²) >= 11 is 0. The Morgan fingerprint density at radius 2 is 1.57 bits per heavy atom. The van der Waals surface area contributed by atoms with Crippen LogP contribution in [-0.4, -0.2) is 4.98 Å². The average molecular weight is 277 g/mol. The normalized spacial score (nSPS) is 13.5. The predicted molar refractivity (Wildman–Crippen MR) is 90.8 cm³/mol. The van der Waals surface area contributed by atoms with Gasteiger partial charge in [-0.1, -0.05) is 63.2 Å². The lowest BCUT2D eigenvalue weighted by Crippen LogP contribution is -2.20. The van der Waals surface area contributed by atoms with Gasteiger partial charge in [0, 0.05) is 17.3 Å². The van der Waals surface area contributed by atoms with Gasteiger partial charge in [-0.3, -0.25) is 0 Å². The van der Waals surface area contributed by atoms with Crippen molar-refractivity contribution >= 4 is 10.8 Å². The van der Waals surface area contributed by atoms with Crippen molar-refractivity contribution < 1.29 is 0 Å². The van der Waals surface area contributed by atoms with Gasteiger partial charge in [0.25, 0.3) is 0 Å². The average Bonchev–Trinajstić information content (AvgIpc) is 2.84. The molecule has 1 N–H and O–H groups in total. The lowest BCUT2D eigenvalue weighted by Gasteiger charge is -2.31. The molecule has 1 aromatic heterocycles. The molecule has 3 aromatic rings. The molecule has 0 bridgehead atoms. The molecule has 0 radical (unpaired) electrons. The maximum absolute atomic E-state index is 3.55. The Morgan fingerprint density at radius 3 is 2.24 bits per heavy atom. The summed E-state index contributed by atoms with van der Waals surface area (Å²) in [6.07, 6.45) is 0. The summed E-state index contributed by atoms with van der Waals surface area (Å²) in [7, 11) is 0. The molecule has 0 spiro atoms. The first kappa shape index (κ1) is 13.9. The van der Waals surface area contributed by atoms with Gasteiger partial charge in [0.1, 0.15) is 0 Å². The molecule has 0 aliphatic heterocycles. The van der Waals surface area contributed by atoms with Gasteiger partial charge >= 0.3 is 0 Å². The van der Waals surface area contributed by atoms with Crippen molar-refractivity contribution in [2.75, 3.05) is 0 Å². The number of aryl methyl sites for hydroxylation is 1. The van der Waals surface area contributed by atoms with E-state index in [-0.39, 0.29) is 5.41 Å². The number of rotatable bonds is 2. The second-order valence-electron chi connectivity index (χ2n) is 6.96. The Hall–Kier alpha value is -2.02. The third-order valence-electron chi connectivity index (χ3n) is 4.17. The van der Waals surface area contributed by atoms with Crippen LogP contribution in [0.2, 0.25) is 0 Å². The Balaban J connectivity index is 2.24. The molecule has 1 atom stereocenters. The molecule has 0 saturated heterocycles. The molecule has 0 fully saturated rings. The van der Waals surface area contributed by atoms with Crippen LogP contribution < -0.4 is 0 Å². The van der Waals surface area contributed by atoms with Gasteiger partial charge in [-0.05, 0) is 40.8 Å². The highest BCUT2D eigenvalue weighted by Gasteiger charge is 2.30. The van der Waals surface area contributed by atoms with Crippen molar-refractivity contribution in [1.29, 1.82) is 0 Å². The summed E-state index contributed by atoms with van der Waals surface area (Å²) in [5.41, 5.74) is 4.08. The molecule has 1 heteroatoms. The largest absolute Gasteiger partial charge is 0.362 e. The van der Waals surface area contributed by atoms with E-state index in [1.54, 1.807) is 0 Å². The summed E-state index contributed by atoms with van der Waals surface area (Å²) in [6.45, 7) is 9.06. The molecule has 2 aromatic carbocycles. The second-order valence-corrected chi connectivity index (χ2v) is 6.96. The van der Waals surface area contributed by atoms with E-state index in [0.29, 0.717) is 5.92 Å². The highest BCUT2D eigenvalue weighted by atomic mass is 14.7. The number of benzene rings is 2. The fourth-order valence-electron chi connectivity index (χ4n) is 3.30. The second kappa shape index (κ2) is 5.07. The van der Waals surface area contributed by atoms with E-state index in [1.807, 2.05) is 0 Å². The number of aromatic nitrogens is 1. The standard InChI is InChI=1S/C20H23N/c1-14-12-13-18(21-14)19(20(2,3)4)17-11-7-9-15-8-5-6-10-16(15)17/h5-13,19,21H,1-4H3. The number of nitrogens with one attached hydrogen (secondary N) is 1. The van der Waals surface area contributed by atoms with E-state index in [1.165, 1.54) is 27.7 Å². The van der Waals surface area contributed by atoms with Crippen LogP contribution in [-0.2, 0) is 0 Å². The molecular weight excluding hydrogens is 254 g/mol. The Labute approximate surface area is 127 Å². The minimum atomic E-state index is 0.154. The van der Waals surface area contributed by atoms with Crippen molar-refractivity contribution in [3.05, 3.63) is 71.5 Å². The van der Waals surface area contributed by atoms with Crippen LogP contribution in [0.15, 0.2) is 54.6 Å². The zero-order valence-corrected chi connectivity index (χ0v) is 13.3. The molecule has 0 saturated carbocycles. The first-order valence-corrected chi connectivity index (χ1v) is 7.60. The van der Waals surface area contributed by atoms with Crippen molar-refractivity contribution in [2.45, 2.75) is 33.6 Å². The van der Waals surface area contributed by atoms with Crippen LogP contribution in [0.5, 0.6) is 0 Å². The SMILES string of the molecule is Cc1ccc(C(c2cccc3ccccc23)C(C)(C)C)[nH]1. The molecule has 0 aliphatic rings. The molecule has 0 aliphatic carbocycles. The van der Waals surface area contributed by atoms with Crippen molar-refractivity contribution in [3.63, 3.8) is 0 Å². The Kier molecular flexibility index (Phi) is 3.36. The fraction of sp³-hybridized carbons (Fsp3) is 0.300. The van der Waals surface area contributed by atoms with Crippen LogP contribution in [0.4, 0.5) is 0 Å². The number of aromatic amines is 1. The molecule has 1 unspecified atom stereocenters. The molecule has 21 heavy (non-hydrogen) atoms. The van der Waals surface area contributed by atoms with Gasteiger partial charge in [0.15, 0.2) is 0 Å². The maximum Gasteiger partial charge on any atom is 0.0295 e. The van der Waals surface area contributed by atoms with Crippen LogP contribution in [0, 0.1) is 12.3 Å². The Bertz CT molecular complexity index is 753. The number of hydrogen-bond donors (Lipinski definition) is 1. The summed E-state index contributed by atoms with van der Waals surface area (Å²) in [4.78, 5) is 3.55. The van der Waals surface area contributed by atoms with Crippen molar-refractivity contribution in [2.24, 2.45) is 5.41 Å². The molecule has 3 rings (SSSR count). The third kappa shape index (κ3) is 2.61. The zero-order valence-electron chi connectivity index (χ0n) is 13.3. The van der Waals surface area contributed by atoms with Gasteiger partial charge < -0.3 is 4.98 Å². The van der Waals surface area contributed by atoms with Crippen LogP contribution in [0.1, 0.15) is 43.6 Å². The highest BCUT2D eigenvalue weighted by molar-refractivity contribution is 5.86. The summed E-state index contributed by atoms with van der Waals surface area (Å²) in [5.74, 6) is 0.359. The predicted octanol–water partition coefficient (Wildman–Crippen LogP) is 5.65. The summed E-state index contributed by atoms with van der Waals surface area (Å²) in [6, 6.07) is 19.7. The molecular formula is C20H23N. The van der Waals surface area contributed by atoms with Gasteiger partial charge in [0.2, 0.25) is 0 Å². The fourth-order valence-corrected chi connectivity index (χ4v) is 3.30. The lowest BCUT2D eigenvalue weighted by molar-refractivity contribution is 0.355. The van der Waals surface area contributed by atoms with Gasteiger partial charge in [-0.2, -0.15) is 0 Å². The first-order chi connectivity index (χ1) is 9.97. The highest BCUT2D eigenvalue weighted by Crippen LogP contribution is 2.42. The van der Waals surface area contributed by atoms with Crippen LogP contribution in [0.25, 0.3) is 10.8 Å². The van der Waals surface area contributed by atoms with Gasteiger partial charge in [-0.15, -0.1) is 0 Å². The third-order valence-corrected chi connectivity index (χ3v) is 4.17. The molecule has 0 amide bonds. The van der Waals surface area contributed by atoms with Crippen molar-refractivity contribution in [1.82, 2.24) is 4.98 Å². The van der Waals surface area contributed by atoms with E-state index in [4.69, 9.17) is 0 Å². The van der Waals surface area contributed by atoms with Crippen molar-refractivity contribution in [3.8, 4) is 0 Å². The molecule has 108 valence electrons. The monoisotopic (exact) mass is 277 g/mol. The first-order valence-electron chi connectivity index (χ1n) is 7.60. The van der Waals surface area contributed by atoms with Crippen LogP contribution in [0.3, 0.4) is 0 Å². The zero-order chi connectivity index (χ0) is 15.0. The smallest absolute Gasteiger partial charge is 0.0295 e. The van der Waals surface area contributed by atoms with E-state index in [2.05, 4.69) is 87.3 Å². The molecule has 1 heterocycles. The maximum atomic E-state index is 3.55. The number of H-pyrrole nitrogens is 1. The van der Waals surface area contributed by atoms with E-state index < -0.39 is 0 Å². The van der Waals surface area contributed by atoms with Gasteiger partial charge in [-0.25, -0.2) is 0 Å². The van der Waals surface area contributed by atoms with Crippen LogP contribution >= 0.6 is 0 Å². The van der Waals surface area contributed by atoms with E-state index >= 15 is 0 Å². The van der Waals surface area contributed by atoms with Gasteiger partial charge in [0.05, 0.1) is 0 Å². The minimum Gasteiger partial charge on any atom is -0.362 e. The summed E-state index contributed by atoms with van der Waals surface area (Å²) < 4.78 is 0. The number of fused-ring (bicyclic) bond motifs is 1. The van der Waals surface area contributed by atoms with E-state index in [9.17, 15) is 0 Å². The number of hydrogen-bond acceptors (Lipinski definition) is 0. The topological polar surface area (TPSA) is 15.8 Å². The Morgan fingerprint density at radius 1 is 0.857 bits per heavy atom. The quantitative estimate of drug-likeness (QED) is 0.622. The lowest BCUT2D eigenvalue weighted by atomic mass is 9.73.